The molecule has 0 aliphatic heterocycles. The fourth-order valence-electron chi connectivity index (χ4n) is 1.81. The van der Waals surface area contributed by atoms with Gasteiger partial charge in [0, 0.05) is 18.3 Å². The van der Waals surface area contributed by atoms with Crippen molar-refractivity contribution in [2.45, 2.75) is 38.0 Å². The highest BCUT2D eigenvalue weighted by molar-refractivity contribution is 8.00. The van der Waals surface area contributed by atoms with E-state index in [-0.39, 0.29) is 17.4 Å². The standard InChI is InChI=1S/C10H20N2OS/c1-10(2)5-4-7(9(10)11)14-6-8(13)12-3/h7,9H,4-6,11H2,1-3H3,(H,12,13). The lowest BCUT2D eigenvalue weighted by molar-refractivity contribution is -0.118. The fraction of sp³-hybridized carbons (Fsp3) is 0.900. The van der Waals surface area contributed by atoms with E-state index in [0.717, 1.165) is 6.42 Å². The molecule has 0 aromatic carbocycles. The third kappa shape index (κ3) is 2.64. The lowest BCUT2D eigenvalue weighted by atomic mass is 9.88. The molecule has 0 heterocycles. The minimum atomic E-state index is 0.0897. The zero-order chi connectivity index (χ0) is 10.8. The van der Waals surface area contributed by atoms with Crippen LogP contribution in [0.1, 0.15) is 26.7 Å². The zero-order valence-corrected chi connectivity index (χ0v) is 9.99. The van der Waals surface area contributed by atoms with E-state index in [1.807, 2.05) is 0 Å². The Labute approximate surface area is 90.2 Å². The number of rotatable bonds is 3. The molecule has 3 N–H and O–H groups in total. The highest BCUT2D eigenvalue weighted by atomic mass is 32.2. The Morgan fingerprint density at radius 1 is 1.64 bits per heavy atom. The van der Waals surface area contributed by atoms with Gasteiger partial charge in [-0.15, -0.1) is 11.8 Å². The summed E-state index contributed by atoms with van der Waals surface area (Å²) in [4.78, 5) is 11.1. The molecule has 14 heavy (non-hydrogen) atoms. The van der Waals surface area contributed by atoms with E-state index in [1.54, 1.807) is 18.8 Å². The summed E-state index contributed by atoms with van der Waals surface area (Å²) in [5, 5.41) is 3.07. The molecule has 1 amide bonds. The molecule has 1 rings (SSSR count). The van der Waals surface area contributed by atoms with Gasteiger partial charge in [-0.1, -0.05) is 13.8 Å². The molecule has 2 atom stereocenters. The minimum absolute atomic E-state index is 0.0897. The first-order chi connectivity index (χ1) is 6.47. The van der Waals surface area contributed by atoms with Crippen LogP contribution in [-0.4, -0.2) is 30.0 Å². The summed E-state index contributed by atoms with van der Waals surface area (Å²) >= 11 is 1.69. The van der Waals surface area contributed by atoms with Crippen molar-refractivity contribution >= 4 is 17.7 Å². The normalized spacial score (nSPS) is 30.3. The van der Waals surface area contributed by atoms with Crippen LogP contribution in [0.2, 0.25) is 0 Å². The second-order valence-electron chi connectivity index (χ2n) is 4.58. The Hall–Kier alpha value is -0.220. The molecule has 0 saturated heterocycles. The first kappa shape index (κ1) is 11.9. The van der Waals surface area contributed by atoms with Crippen molar-refractivity contribution in [2.75, 3.05) is 12.8 Å². The lowest BCUT2D eigenvalue weighted by Crippen LogP contribution is -2.39. The van der Waals surface area contributed by atoms with Crippen LogP contribution in [0.4, 0.5) is 0 Å². The highest BCUT2D eigenvalue weighted by Gasteiger charge is 2.39. The number of hydrogen-bond acceptors (Lipinski definition) is 3. The lowest BCUT2D eigenvalue weighted by Gasteiger charge is -2.26. The van der Waals surface area contributed by atoms with Crippen LogP contribution in [0.25, 0.3) is 0 Å². The largest absolute Gasteiger partial charge is 0.358 e. The fourth-order valence-corrected chi connectivity index (χ4v) is 3.18. The van der Waals surface area contributed by atoms with Gasteiger partial charge in [0.2, 0.25) is 5.91 Å². The van der Waals surface area contributed by atoms with Crippen molar-refractivity contribution < 1.29 is 4.79 Å². The molecule has 1 saturated carbocycles. The van der Waals surface area contributed by atoms with E-state index >= 15 is 0 Å². The monoisotopic (exact) mass is 216 g/mol. The van der Waals surface area contributed by atoms with Gasteiger partial charge in [-0.25, -0.2) is 0 Å². The van der Waals surface area contributed by atoms with Crippen molar-refractivity contribution in [3.8, 4) is 0 Å². The Bertz CT molecular complexity index is 218. The molecule has 1 fully saturated rings. The van der Waals surface area contributed by atoms with Crippen LogP contribution in [0.5, 0.6) is 0 Å². The molecule has 0 bridgehead atoms. The van der Waals surface area contributed by atoms with Gasteiger partial charge < -0.3 is 11.1 Å². The van der Waals surface area contributed by atoms with Gasteiger partial charge in [0.1, 0.15) is 0 Å². The third-order valence-electron chi connectivity index (χ3n) is 3.08. The Kier molecular flexibility index (Phi) is 3.84. The maximum absolute atomic E-state index is 11.1. The van der Waals surface area contributed by atoms with Crippen LogP contribution in [0.3, 0.4) is 0 Å². The van der Waals surface area contributed by atoms with Crippen LogP contribution in [0, 0.1) is 5.41 Å². The van der Waals surface area contributed by atoms with Crippen LogP contribution >= 0.6 is 11.8 Å². The molecule has 0 aromatic heterocycles. The van der Waals surface area contributed by atoms with Gasteiger partial charge in [-0.05, 0) is 18.3 Å². The minimum Gasteiger partial charge on any atom is -0.358 e. The molecule has 0 spiro atoms. The van der Waals surface area contributed by atoms with E-state index < -0.39 is 0 Å². The average molecular weight is 216 g/mol. The number of hydrogen-bond donors (Lipinski definition) is 2. The highest BCUT2D eigenvalue weighted by Crippen LogP contribution is 2.41. The van der Waals surface area contributed by atoms with Crippen molar-refractivity contribution in [3.63, 3.8) is 0 Å². The summed E-state index contributed by atoms with van der Waals surface area (Å²) in [5.41, 5.74) is 6.37. The zero-order valence-electron chi connectivity index (χ0n) is 9.17. The summed E-state index contributed by atoms with van der Waals surface area (Å²) < 4.78 is 0. The maximum Gasteiger partial charge on any atom is 0.229 e. The summed E-state index contributed by atoms with van der Waals surface area (Å²) in [6, 6.07) is 0.220. The molecule has 1 aliphatic rings. The molecular weight excluding hydrogens is 196 g/mol. The number of amides is 1. The van der Waals surface area contributed by atoms with Crippen LogP contribution in [0.15, 0.2) is 0 Å². The number of carbonyl (C=O) groups is 1. The molecule has 82 valence electrons. The van der Waals surface area contributed by atoms with Crippen molar-refractivity contribution in [1.82, 2.24) is 5.32 Å². The molecule has 2 unspecified atom stereocenters. The molecule has 3 nitrogen and oxygen atoms in total. The van der Waals surface area contributed by atoms with E-state index in [9.17, 15) is 4.79 Å². The Morgan fingerprint density at radius 3 is 2.71 bits per heavy atom. The summed E-state index contributed by atoms with van der Waals surface area (Å²) in [7, 11) is 1.67. The van der Waals surface area contributed by atoms with Crippen molar-refractivity contribution in [3.05, 3.63) is 0 Å². The molecule has 1 aliphatic carbocycles. The summed E-state index contributed by atoms with van der Waals surface area (Å²) in [6.45, 7) is 4.41. The van der Waals surface area contributed by atoms with Gasteiger partial charge in [0.05, 0.1) is 5.75 Å². The van der Waals surface area contributed by atoms with Gasteiger partial charge in [0.25, 0.3) is 0 Å². The van der Waals surface area contributed by atoms with Gasteiger partial charge in [-0.2, -0.15) is 0 Å². The topological polar surface area (TPSA) is 55.1 Å². The van der Waals surface area contributed by atoms with Gasteiger partial charge in [0.15, 0.2) is 0 Å². The van der Waals surface area contributed by atoms with Crippen molar-refractivity contribution in [1.29, 1.82) is 0 Å². The second-order valence-corrected chi connectivity index (χ2v) is 5.80. The maximum atomic E-state index is 11.1. The van der Waals surface area contributed by atoms with E-state index in [4.69, 9.17) is 5.73 Å². The predicted molar refractivity (Wildman–Crippen MR) is 61.3 cm³/mol. The van der Waals surface area contributed by atoms with Crippen LogP contribution < -0.4 is 11.1 Å². The van der Waals surface area contributed by atoms with E-state index in [0.29, 0.717) is 11.0 Å². The quantitative estimate of drug-likeness (QED) is 0.739. The smallest absolute Gasteiger partial charge is 0.229 e. The first-order valence-corrected chi connectivity index (χ1v) is 6.10. The number of carbonyl (C=O) groups excluding carboxylic acids is 1. The number of nitrogens with two attached hydrogens (primary N) is 1. The molecular formula is C10H20N2OS. The van der Waals surface area contributed by atoms with Gasteiger partial charge in [-0.3, -0.25) is 4.79 Å². The first-order valence-electron chi connectivity index (χ1n) is 5.05. The van der Waals surface area contributed by atoms with Crippen molar-refractivity contribution in [2.24, 2.45) is 11.1 Å². The molecule has 0 radical (unpaired) electrons. The molecule has 0 aromatic rings. The van der Waals surface area contributed by atoms with E-state index in [2.05, 4.69) is 19.2 Å². The SMILES string of the molecule is CNC(=O)CSC1CCC(C)(C)C1N. The van der Waals surface area contributed by atoms with E-state index in [1.165, 1.54) is 6.42 Å². The number of thioether (sulfide) groups is 1. The Balaban J connectivity index is 2.37. The second kappa shape index (κ2) is 4.53. The third-order valence-corrected chi connectivity index (χ3v) is 4.47. The molecule has 4 heteroatoms. The summed E-state index contributed by atoms with van der Waals surface area (Å²) in [5.74, 6) is 0.622. The van der Waals surface area contributed by atoms with Crippen LogP contribution in [-0.2, 0) is 4.79 Å². The predicted octanol–water partition coefficient (Wildman–Crippen LogP) is 0.981. The Morgan fingerprint density at radius 2 is 2.29 bits per heavy atom. The number of nitrogens with one attached hydrogen (secondary N) is 1. The van der Waals surface area contributed by atoms with Gasteiger partial charge >= 0.3 is 0 Å². The summed E-state index contributed by atoms with van der Waals surface area (Å²) in [6.07, 6.45) is 2.30. The average Bonchev–Trinajstić information content (AvgIpc) is 2.40.